The Balaban J connectivity index is 2.18. The number of nitrogens with zero attached hydrogens (tertiary/aromatic N) is 2. The van der Waals surface area contributed by atoms with Gasteiger partial charge in [0.25, 0.3) is 5.91 Å². The number of halogens is 1. The van der Waals surface area contributed by atoms with E-state index in [4.69, 9.17) is 5.11 Å². The topological polar surface area (TPSA) is 67.2 Å². The maximum absolute atomic E-state index is 13.7. The number of carbonyl (C=O) groups is 1. The van der Waals surface area contributed by atoms with Crippen molar-refractivity contribution < 1.29 is 14.3 Å². The Morgan fingerprint density at radius 1 is 1.41 bits per heavy atom. The van der Waals surface area contributed by atoms with Gasteiger partial charge in [0, 0.05) is 18.3 Å². The van der Waals surface area contributed by atoms with Crippen LogP contribution in [-0.4, -0.2) is 32.9 Å². The Labute approximate surface area is 128 Å². The molecule has 0 bridgehead atoms. The molecule has 118 valence electrons. The van der Waals surface area contributed by atoms with E-state index in [2.05, 4.69) is 10.4 Å². The number of benzene rings is 1. The number of hydrogen-bond donors (Lipinski definition) is 2. The van der Waals surface area contributed by atoms with Crippen molar-refractivity contribution >= 4 is 5.91 Å². The second-order valence-electron chi connectivity index (χ2n) is 5.44. The lowest BCUT2D eigenvalue weighted by molar-refractivity contribution is 0.0880. The molecule has 0 spiro atoms. The second-order valence-corrected chi connectivity index (χ2v) is 5.44. The molecule has 0 aliphatic heterocycles. The van der Waals surface area contributed by atoms with Crippen molar-refractivity contribution in [3.63, 3.8) is 0 Å². The molecule has 22 heavy (non-hydrogen) atoms. The summed E-state index contributed by atoms with van der Waals surface area (Å²) in [5.74, 6) is -0.746. The van der Waals surface area contributed by atoms with E-state index in [1.807, 2.05) is 13.8 Å². The number of aliphatic hydroxyl groups excluding tert-OH is 1. The van der Waals surface area contributed by atoms with E-state index in [1.54, 1.807) is 24.4 Å². The van der Waals surface area contributed by atoms with E-state index in [9.17, 15) is 9.18 Å². The molecule has 2 aromatic rings. The normalized spacial score (nSPS) is 13.6. The van der Waals surface area contributed by atoms with Crippen LogP contribution < -0.4 is 5.32 Å². The highest BCUT2D eigenvalue weighted by Gasteiger charge is 2.25. The fourth-order valence-corrected chi connectivity index (χ4v) is 2.13. The molecule has 0 radical (unpaired) electrons. The van der Waals surface area contributed by atoms with Crippen molar-refractivity contribution in [1.82, 2.24) is 15.1 Å². The van der Waals surface area contributed by atoms with Gasteiger partial charge in [0.15, 0.2) is 5.69 Å². The Morgan fingerprint density at radius 3 is 2.77 bits per heavy atom. The molecule has 2 rings (SSSR count). The van der Waals surface area contributed by atoms with E-state index in [1.165, 1.54) is 16.8 Å². The molecule has 1 atom stereocenters. The van der Waals surface area contributed by atoms with Crippen molar-refractivity contribution in [2.24, 2.45) is 0 Å². The number of rotatable bonds is 6. The zero-order chi connectivity index (χ0) is 16.2. The van der Waals surface area contributed by atoms with Crippen LogP contribution in [0.15, 0.2) is 36.5 Å². The van der Waals surface area contributed by atoms with Gasteiger partial charge in [0.05, 0.1) is 0 Å². The summed E-state index contributed by atoms with van der Waals surface area (Å²) in [6, 6.07) is 7.77. The maximum Gasteiger partial charge on any atom is 0.272 e. The summed E-state index contributed by atoms with van der Waals surface area (Å²) in [5.41, 5.74) is 0.00387. The van der Waals surface area contributed by atoms with Gasteiger partial charge in [-0.25, -0.2) is 9.07 Å². The van der Waals surface area contributed by atoms with E-state index in [0.717, 1.165) is 0 Å². The molecule has 1 amide bonds. The third-order valence-electron chi connectivity index (χ3n) is 3.78. The first-order chi connectivity index (χ1) is 10.5. The first kappa shape index (κ1) is 16.2. The Kier molecular flexibility index (Phi) is 4.92. The largest absolute Gasteiger partial charge is 0.396 e. The van der Waals surface area contributed by atoms with Gasteiger partial charge in [0.1, 0.15) is 11.5 Å². The number of para-hydroxylation sites is 1. The third kappa shape index (κ3) is 3.51. The van der Waals surface area contributed by atoms with Gasteiger partial charge in [-0.05, 0) is 38.0 Å². The molecule has 1 aromatic heterocycles. The van der Waals surface area contributed by atoms with Crippen molar-refractivity contribution in [1.29, 1.82) is 0 Å². The quantitative estimate of drug-likeness (QED) is 0.860. The van der Waals surface area contributed by atoms with Gasteiger partial charge in [-0.1, -0.05) is 19.1 Å². The number of nitrogens with one attached hydrogen (secondary N) is 1. The second kappa shape index (κ2) is 6.70. The highest BCUT2D eigenvalue weighted by atomic mass is 19.1. The van der Waals surface area contributed by atoms with Crippen LogP contribution in [-0.2, 0) is 0 Å². The van der Waals surface area contributed by atoms with Crippen LogP contribution in [0, 0.1) is 5.82 Å². The van der Waals surface area contributed by atoms with Gasteiger partial charge in [-0.2, -0.15) is 5.10 Å². The minimum atomic E-state index is -0.492. The highest BCUT2D eigenvalue weighted by molar-refractivity contribution is 5.92. The van der Waals surface area contributed by atoms with Crippen LogP contribution in [0.3, 0.4) is 0 Å². The Morgan fingerprint density at radius 2 is 2.14 bits per heavy atom. The number of aliphatic hydroxyl groups is 1. The Hall–Kier alpha value is -2.21. The standard InChI is InChI=1S/C16H20FN3O2/c1-3-16(2,9-11-21)18-15(22)13-8-10-20(19-13)14-7-5-4-6-12(14)17/h4-8,10,21H,3,9,11H2,1-2H3,(H,18,22). The molecule has 0 aliphatic carbocycles. The molecule has 0 saturated carbocycles. The van der Waals surface area contributed by atoms with Crippen LogP contribution in [0.25, 0.3) is 5.69 Å². The smallest absolute Gasteiger partial charge is 0.272 e. The van der Waals surface area contributed by atoms with Gasteiger partial charge in [-0.3, -0.25) is 4.79 Å². The van der Waals surface area contributed by atoms with Crippen molar-refractivity contribution in [2.45, 2.75) is 32.2 Å². The van der Waals surface area contributed by atoms with Gasteiger partial charge in [0.2, 0.25) is 0 Å². The van der Waals surface area contributed by atoms with Gasteiger partial charge in [-0.15, -0.1) is 0 Å². The summed E-state index contributed by atoms with van der Waals surface area (Å²) in [6.07, 6.45) is 2.69. The number of carbonyl (C=O) groups excluding carboxylic acids is 1. The van der Waals surface area contributed by atoms with Gasteiger partial charge < -0.3 is 10.4 Å². The first-order valence-corrected chi connectivity index (χ1v) is 7.23. The molecule has 5 nitrogen and oxygen atoms in total. The highest BCUT2D eigenvalue weighted by Crippen LogP contribution is 2.16. The fraction of sp³-hybridized carbons (Fsp3) is 0.375. The lowest BCUT2D eigenvalue weighted by atomic mass is 9.95. The third-order valence-corrected chi connectivity index (χ3v) is 3.78. The van der Waals surface area contributed by atoms with E-state index in [0.29, 0.717) is 12.8 Å². The predicted molar refractivity (Wildman–Crippen MR) is 81.4 cm³/mol. The lowest BCUT2D eigenvalue weighted by Gasteiger charge is -2.28. The molecule has 6 heteroatoms. The van der Waals surface area contributed by atoms with Gasteiger partial charge >= 0.3 is 0 Å². The minimum absolute atomic E-state index is 0.00567. The summed E-state index contributed by atoms with van der Waals surface area (Å²) < 4.78 is 15.1. The monoisotopic (exact) mass is 305 g/mol. The predicted octanol–water partition coefficient (Wildman–Crippen LogP) is 2.29. The zero-order valence-corrected chi connectivity index (χ0v) is 12.7. The van der Waals surface area contributed by atoms with Crippen molar-refractivity contribution in [3.05, 3.63) is 48.0 Å². The summed E-state index contributed by atoms with van der Waals surface area (Å²) >= 11 is 0. The molecule has 2 N–H and O–H groups in total. The average Bonchev–Trinajstić information content (AvgIpc) is 2.97. The van der Waals surface area contributed by atoms with Crippen LogP contribution in [0.1, 0.15) is 37.2 Å². The molecule has 1 aromatic carbocycles. The van der Waals surface area contributed by atoms with E-state index < -0.39 is 11.4 Å². The molecule has 0 fully saturated rings. The summed E-state index contributed by atoms with van der Waals surface area (Å²) in [5, 5.41) is 16.1. The van der Waals surface area contributed by atoms with E-state index >= 15 is 0 Å². The molecule has 0 aliphatic rings. The number of hydrogen-bond acceptors (Lipinski definition) is 3. The van der Waals surface area contributed by atoms with Crippen molar-refractivity contribution in [3.8, 4) is 5.69 Å². The molecule has 1 heterocycles. The van der Waals surface area contributed by atoms with Crippen LogP contribution in [0.4, 0.5) is 4.39 Å². The molecule has 1 unspecified atom stereocenters. The molecular weight excluding hydrogens is 285 g/mol. The molecule has 0 saturated heterocycles. The average molecular weight is 305 g/mol. The van der Waals surface area contributed by atoms with Crippen LogP contribution in [0.5, 0.6) is 0 Å². The fourth-order valence-electron chi connectivity index (χ4n) is 2.13. The van der Waals surface area contributed by atoms with E-state index in [-0.39, 0.29) is 23.9 Å². The SMILES string of the molecule is CCC(C)(CCO)NC(=O)c1ccn(-c2ccccc2F)n1. The van der Waals surface area contributed by atoms with Crippen molar-refractivity contribution in [2.75, 3.05) is 6.61 Å². The minimum Gasteiger partial charge on any atom is -0.396 e. The summed E-state index contributed by atoms with van der Waals surface area (Å²) in [7, 11) is 0. The summed E-state index contributed by atoms with van der Waals surface area (Å²) in [6.45, 7) is 3.80. The van der Waals surface area contributed by atoms with Crippen LogP contribution in [0.2, 0.25) is 0 Å². The molecular formula is C16H20FN3O2. The Bertz CT molecular complexity index is 656. The zero-order valence-electron chi connectivity index (χ0n) is 12.7. The van der Waals surface area contributed by atoms with Crippen LogP contribution >= 0.6 is 0 Å². The number of amides is 1. The lowest BCUT2D eigenvalue weighted by Crippen LogP contribution is -2.46. The summed E-state index contributed by atoms with van der Waals surface area (Å²) in [4.78, 5) is 12.3. The number of aromatic nitrogens is 2. The maximum atomic E-state index is 13.7. The first-order valence-electron chi connectivity index (χ1n) is 7.23.